The number of hydrogen-bond donors (Lipinski definition) is 1. The van der Waals surface area contributed by atoms with Crippen LogP contribution in [0.25, 0.3) is 16.7 Å². The van der Waals surface area contributed by atoms with E-state index in [9.17, 15) is 5.11 Å². The minimum Gasteiger partial charge on any atom is -0.505 e. The first-order chi connectivity index (χ1) is 15.0. The van der Waals surface area contributed by atoms with Crippen LogP contribution in [-0.4, -0.2) is 38.1 Å². The summed E-state index contributed by atoms with van der Waals surface area (Å²) in [5.41, 5.74) is 4.37. The first-order valence-corrected chi connectivity index (χ1v) is 11.8. The molecule has 0 fully saturated rings. The van der Waals surface area contributed by atoms with Gasteiger partial charge in [0.05, 0.1) is 6.54 Å². The zero-order valence-electron chi connectivity index (χ0n) is 20.8. The van der Waals surface area contributed by atoms with Crippen molar-refractivity contribution in [2.24, 2.45) is 5.41 Å². The molecule has 0 atom stereocenters. The van der Waals surface area contributed by atoms with Gasteiger partial charge < -0.3 is 5.11 Å². The van der Waals surface area contributed by atoms with Gasteiger partial charge in [-0.25, -0.2) is 0 Å². The summed E-state index contributed by atoms with van der Waals surface area (Å²) >= 11 is 0. The highest BCUT2D eigenvalue weighted by Gasteiger charge is 2.29. The molecule has 1 heterocycles. The Bertz CT molecular complexity index is 1010. The Morgan fingerprint density at radius 3 is 2.00 bits per heavy atom. The van der Waals surface area contributed by atoms with Gasteiger partial charge in [0.25, 0.3) is 0 Å². The number of aromatic nitrogens is 3. The van der Waals surface area contributed by atoms with Gasteiger partial charge in [-0.15, -0.1) is 15.0 Å². The average Bonchev–Trinajstić information content (AvgIpc) is 3.12. The van der Waals surface area contributed by atoms with Gasteiger partial charge in [0.2, 0.25) is 0 Å². The van der Waals surface area contributed by atoms with Crippen molar-refractivity contribution < 1.29 is 5.11 Å². The highest BCUT2D eigenvalue weighted by molar-refractivity contribution is 5.73. The van der Waals surface area contributed by atoms with E-state index < -0.39 is 0 Å². The Kier molecular flexibility index (Phi) is 7.29. The van der Waals surface area contributed by atoms with Gasteiger partial charge in [-0.1, -0.05) is 60.6 Å². The number of benzene rings is 2. The van der Waals surface area contributed by atoms with E-state index in [4.69, 9.17) is 0 Å². The molecular formula is C27H39N4O. The molecule has 0 spiro atoms. The van der Waals surface area contributed by atoms with Crippen molar-refractivity contribution in [3.8, 4) is 11.4 Å². The van der Waals surface area contributed by atoms with E-state index in [-0.39, 0.29) is 16.6 Å². The molecule has 3 aromatic rings. The molecular weight excluding hydrogens is 396 g/mol. The Morgan fingerprint density at radius 2 is 1.50 bits per heavy atom. The van der Waals surface area contributed by atoms with Gasteiger partial charge in [-0.3, -0.25) is 4.90 Å². The predicted molar refractivity (Wildman–Crippen MR) is 133 cm³/mol. The van der Waals surface area contributed by atoms with Gasteiger partial charge in [-0.2, -0.15) is 0 Å². The van der Waals surface area contributed by atoms with Crippen LogP contribution in [0.3, 0.4) is 0 Å². The summed E-state index contributed by atoms with van der Waals surface area (Å²) in [6.45, 7) is 19.8. The van der Waals surface area contributed by atoms with E-state index in [1.54, 1.807) is 4.80 Å². The molecule has 32 heavy (non-hydrogen) atoms. The first-order valence-electron chi connectivity index (χ1n) is 11.8. The fourth-order valence-electron chi connectivity index (χ4n) is 4.69. The molecule has 3 rings (SSSR count). The van der Waals surface area contributed by atoms with Crippen LogP contribution < -0.4 is 0 Å². The molecule has 0 aliphatic rings. The normalized spacial score (nSPS) is 12.8. The molecule has 0 saturated carbocycles. The summed E-state index contributed by atoms with van der Waals surface area (Å²) in [6, 6.07) is 12.0. The molecule has 2 aromatic carbocycles. The van der Waals surface area contributed by atoms with Crippen molar-refractivity contribution in [3.05, 3.63) is 54.1 Å². The second-order valence-electron chi connectivity index (χ2n) is 10.7. The van der Waals surface area contributed by atoms with Crippen molar-refractivity contribution in [2.45, 2.75) is 73.1 Å². The number of nitrogens with zero attached hydrogens (tertiary/aromatic N) is 4. The summed E-state index contributed by atoms with van der Waals surface area (Å²) in [4.78, 5) is 3.88. The summed E-state index contributed by atoms with van der Waals surface area (Å²) in [5, 5.41) is 20.6. The van der Waals surface area contributed by atoms with Crippen LogP contribution in [0.2, 0.25) is 0 Å². The SMILES string of the molecule is CCCN([CH]c1cc(C(C)(C)CC(C)(C)C)cc(-n2nc3ccccc3n2)c1O)CCC. The van der Waals surface area contributed by atoms with Crippen LogP contribution in [0, 0.1) is 12.0 Å². The van der Waals surface area contributed by atoms with Gasteiger partial charge >= 0.3 is 0 Å². The first kappa shape index (κ1) is 24.2. The zero-order chi connectivity index (χ0) is 23.5. The molecule has 1 aromatic heterocycles. The number of phenolic OH excluding ortho intramolecular Hbond substituents is 1. The smallest absolute Gasteiger partial charge is 0.147 e. The maximum Gasteiger partial charge on any atom is 0.147 e. The minimum absolute atomic E-state index is 0.0732. The molecule has 0 aliphatic heterocycles. The van der Waals surface area contributed by atoms with Crippen LogP contribution in [-0.2, 0) is 5.41 Å². The van der Waals surface area contributed by atoms with Crippen LogP contribution in [0.5, 0.6) is 5.75 Å². The van der Waals surface area contributed by atoms with Crippen molar-refractivity contribution in [2.75, 3.05) is 13.1 Å². The third-order valence-corrected chi connectivity index (χ3v) is 5.72. The monoisotopic (exact) mass is 435 g/mol. The van der Waals surface area contributed by atoms with E-state index in [2.05, 4.69) is 82.2 Å². The topological polar surface area (TPSA) is 54.2 Å². The van der Waals surface area contributed by atoms with Crippen molar-refractivity contribution in [3.63, 3.8) is 0 Å². The second kappa shape index (κ2) is 9.62. The van der Waals surface area contributed by atoms with E-state index in [1.807, 2.05) is 24.3 Å². The van der Waals surface area contributed by atoms with Crippen LogP contribution in [0.4, 0.5) is 0 Å². The maximum atomic E-state index is 11.3. The molecule has 173 valence electrons. The van der Waals surface area contributed by atoms with Crippen LogP contribution >= 0.6 is 0 Å². The Balaban J connectivity index is 2.14. The highest BCUT2D eigenvalue weighted by atomic mass is 16.3. The molecule has 5 nitrogen and oxygen atoms in total. The molecule has 1 N–H and O–H groups in total. The lowest BCUT2D eigenvalue weighted by Gasteiger charge is -2.34. The Morgan fingerprint density at radius 1 is 0.938 bits per heavy atom. The van der Waals surface area contributed by atoms with Crippen LogP contribution in [0.1, 0.15) is 78.9 Å². The number of rotatable bonds is 9. The van der Waals surface area contributed by atoms with E-state index in [0.29, 0.717) is 5.69 Å². The lowest BCUT2D eigenvalue weighted by Crippen LogP contribution is -2.26. The Hall–Kier alpha value is -2.40. The minimum atomic E-state index is -0.0732. The molecule has 0 saturated heterocycles. The maximum absolute atomic E-state index is 11.3. The number of aromatic hydroxyl groups is 1. The quantitative estimate of drug-likeness (QED) is 0.418. The summed E-state index contributed by atoms with van der Waals surface area (Å²) < 4.78 is 0. The van der Waals surface area contributed by atoms with E-state index in [0.717, 1.165) is 48.9 Å². The molecule has 0 aliphatic carbocycles. The number of hydrogen-bond acceptors (Lipinski definition) is 4. The molecule has 0 amide bonds. The van der Waals surface area contributed by atoms with Crippen molar-refractivity contribution >= 4 is 11.0 Å². The summed E-state index contributed by atoms with van der Waals surface area (Å²) in [7, 11) is 0. The summed E-state index contributed by atoms with van der Waals surface area (Å²) in [5.74, 6) is 0.220. The fourth-order valence-corrected chi connectivity index (χ4v) is 4.69. The van der Waals surface area contributed by atoms with Gasteiger partial charge in [-0.05, 0) is 73.0 Å². The standard InChI is InChI=1S/C27H39N4O/c1-8-14-30(15-9-2)18-20-16-21(27(6,7)19-26(3,4)5)17-24(25(20)32)31-28-22-12-10-11-13-23(22)29-31/h10-13,16-18,32H,8-9,14-15,19H2,1-7H3. The molecule has 5 heteroatoms. The van der Waals surface area contributed by atoms with Gasteiger partial charge in [0, 0.05) is 5.56 Å². The third kappa shape index (κ3) is 5.69. The van der Waals surface area contributed by atoms with Crippen molar-refractivity contribution in [1.82, 2.24) is 19.9 Å². The number of phenols is 1. The predicted octanol–water partition coefficient (Wildman–Crippen LogP) is 6.47. The zero-order valence-corrected chi connectivity index (χ0v) is 20.8. The van der Waals surface area contributed by atoms with Crippen LogP contribution in [0.15, 0.2) is 36.4 Å². The van der Waals surface area contributed by atoms with E-state index in [1.165, 1.54) is 5.56 Å². The van der Waals surface area contributed by atoms with E-state index >= 15 is 0 Å². The molecule has 1 radical (unpaired) electrons. The fraction of sp³-hybridized carbons (Fsp3) is 0.519. The third-order valence-electron chi connectivity index (χ3n) is 5.72. The lowest BCUT2D eigenvalue weighted by molar-refractivity contribution is 0.283. The average molecular weight is 436 g/mol. The highest BCUT2D eigenvalue weighted by Crippen LogP contribution is 2.40. The second-order valence-corrected chi connectivity index (χ2v) is 10.7. The molecule has 0 bridgehead atoms. The Labute approximate surface area is 193 Å². The largest absolute Gasteiger partial charge is 0.505 e. The molecule has 0 unspecified atom stereocenters. The lowest BCUT2D eigenvalue weighted by atomic mass is 9.72. The van der Waals surface area contributed by atoms with Gasteiger partial charge in [0.15, 0.2) is 0 Å². The van der Waals surface area contributed by atoms with Crippen molar-refractivity contribution in [1.29, 1.82) is 0 Å². The van der Waals surface area contributed by atoms with Gasteiger partial charge in [0.1, 0.15) is 22.5 Å². The number of fused-ring (bicyclic) bond motifs is 1. The summed E-state index contributed by atoms with van der Waals surface area (Å²) in [6.07, 6.45) is 3.14.